The fourth-order valence-corrected chi connectivity index (χ4v) is 3.11. The van der Waals surface area contributed by atoms with Crippen molar-refractivity contribution in [3.63, 3.8) is 0 Å². The van der Waals surface area contributed by atoms with Crippen molar-refractivity contribution in [3.05, 3.63) is 54.2 Å². The number of hydrogen-bond acceptors (Lipinski definition) is 5. The molecule has 2 aromatic rings. The molecule has 2 N–H and O–H groups in total. The normalized spacial score (nSPS) is 15.0. The van der Waals surface area contributed by atoms with E-state index in [1.54, 1.807) is 0 Å². The number of pyridine rings is 1. The number of carbonyl (C=O) groups excluding carboxylic acids is 1. The summed E-state index contributed by atoms with van der Waals surface area (Å²) in [5.41, 5.74) is 2.03. The van der Waals surface area contributed by atoms with Crippen molar-refractivity contribution in [2.24, 2.45) is 0 Å². The number of carbonyl (C=O) groups is 1. The highest BCUT2D eigenvalue weighted by Crippen LogP contribution is 2.13. The van der Waals surface area contributed by atoms with Crippen LogP contribution in [0.4, 0.5) is 11.5 Å². The zero-order chi connectivity index (χ0) is 18.2. The zero-order valence-corrected chi connectivity index (χ0v) is 15.3. The highest BCUT2D eigenvalue weighted by molar-refractivity contribution is 5.92. The highest BCUT2D eigenvalue weighted by atomic mass is 16.2. The molecule has 26 heavy (non-hydrogen) atoms. The van der Waals surface area contributed by atoms with Crippen LogP contribution in [0.3, 0.4) is 0 Å². The Kier molecular flexibility index (Phi) is 6.57. The van der Waals surface area contributed by atoms with Gasteiger partial charge in [-0.3, -0.25) is 9.69 Å². The third-order valence-electron chi connectivity index (χ3n) is 4.50. The van der Waals surface area contributed by atoms with E-state index >= 15 is 0 Å². The minimum absolute atomic E-state index is 0.0388. The van der Waals surface area contributed by atoms with Crippen LogP contribution in [0, 0.1) is 0 Å². The SMILES string of the molecule is CCNCc1cccc(NC(=O)CN2CCN(c3ccccn3)CC2)c1. The fraction of sp³-hybridized carbons (Fsp3) is 0.400. The maximum atomic E-state index is 12.4. The third-order valence-corrected chi connectivity index (χ3v) is 4.50. The number of hydrogen-bond donors (Lipinski definition) is 2. The van der Waals surface area contributed by atoms with Gasteiger partial charge in [-0.15, -0.1) is 0 Å². The van der Waals surface area contributed by atoms with Crippen LogP contribution in [0.15, 0.2) is 48.7 Å². The molecule has 1 aliphatic rings. The van der Waals surface area contributed by atoms with Gasteiger partial charge in [0, 0.05) is 44.6 Å². The van der Waals surface area contributed by atoms with Crippen molar-refractivity contribution >= 4 is 17.4 Å². The van der Waals surface area contributed by atoms with Crippen LogP contribution in [-0.4, -0.2) is 55.1 Å². The number of anilines is 2. The molecule has 6 nitrogen and oxygen atoms in total. The van der Waals surface area contributed by atoms with E-state index in [0.29, 0.717) is 6.54 Å². The van der Waals surface area contributed by atoms with Crippen LogP contribution in [0.5, 0.6) is 0 Å². The van der Waals surface area contributed by atoms with Crippen LogP contribution >= 0.6 is 0 Å². The number of aromatic nitrogens is 1. The molecule has 1 saturated heterocycles. The number of nitrogens with one attached hydrogen (secondary N) is 2. The quantitative estimate of drug-likeness (QED) is 0.797. The Morgan fingerprint density at radius 1 is 1.12 bits per heavy atom. The van der Waals surface area contributed by atoms with Crippen molar-refractivity contribution in [2.45, 2.75) is 13.5 Å². The van der Waals surface area contributed by atoms with Gasteiger partial charge in [-0.05, 0) is 36.4 Å². The molecule has 0 unspecified atom stereocenters. The van der Waals surface area contributed by atoms with Gasteiger partial charge in [-0.25, -0.2) is 4.98 Å². The number of nitrogens with zero attached hydrogens (tertiary/aromatic N) is 3. The molecule has 0 spiro atoms. The lowest BCUT2D eigenvalue weighted by Gasteiger charge is -2.34. The summed E-state index contributed by atoms with van der Waals surface area (Å²) in [7, 11) is 0. The second-order valence-electron chi connectivity index (χ2n) is 6.48. The summed E-state index contributed by atoms with van der Waals surface area (Å²) in [5.74, 6) is 1.05. The first kappa shape index (κ1) is 18.4. The van der Waals surface area contributed by atoms with E-state index in [1.807, 2.05) is 42.6 Å². The van der Waals surface area contributed by atoms with E-state index in [1.165, 1.54) is 5.56 Å². The van der Waals surface area contributed by atoms with Crippen molar-refractivity contribution < 1.29 is 4.79 Å². The summed E-state index contributed by atoms with van der Waals surface area (Å²) in [6, 6.07) is 14.0. The van der Waals surface area contributed by atoms with Crippen LogP contribution in [0.1, 0.15) is 12.5 Å². The molecule has 1 amide bonds. The average molecular weight is 353 g/mol. The predicted octanol–water partition coefficient (Wildman–Crippen LogP) is 1.95. The summed E-state index contributed by atoms with van der Waals surface area (Å²) in [6.45, 7) is 7.77. The van der Waals surface area contributed by atoms with Crippen molar-refractivity contribution in [1.29, 1.82) is 0 Å². The Labute approximate surface area is 155 Å². The van der Waals surface area contributed by atoms with Gasteiger partial charge in [0.25, 0.3) is 0 Å². The first-order valence-electron chi connectivity index (χ1n) is 9.22. The molecule has 1 aromatic heterocycles. The van der Waals surface area contributed by atoms with Crippen LogP contribution < -0.4 is 15.5 Å². The van der Waals surface area contributed by atoms with E-state index in [4.69, 9.17) is 0 Å². The lowest BCUT2D eigenvalue weighted by molar-refractivity contribution is -0.117. The van der Waals surface area contributed by atoms with E-state index in [0.717, 1.165) is 50.8 Å². The first-order chi connectivity index (χ1) is 12.7. The van der Waals surface area contributed by atoms with Gasteiger partial charge in [-0.1, -0.05) is 25.1 Å². The summed E-state index contributed by atoms with van der Waals surface area (Å²) < 4.78 is 0. The molecule has 6 heteroatoms. The molecule has 0 saturated carbocycles. The first-order valence-corrected chi connectivity index (χ1v) is 9.22. The molecule has 1 aliphatic heterocycles. The van der Waals surface area contributed by atoms with Gasteiger partial charge in [0.1, 0.15) is 5.82 Å². The Morgan fingerprint density at radius 2 is 1.96 bits per heavy atom. The second-order valence-corrected chi connectivity index (χ2v) is 6.48. The van der Waals surface area contributed by atoms with Crippen LogP contribution in [0.2, 0.25) is 0 Å². The lowest BCUT2D eigenvalue weighted by atomic mass is 10.2. The Hall–Kier alpha value is -2.44. The largest absolute Gasteiger partial charge is 0.354 e. The van der Waals surface area contributed by atoms with E-state index < -0.39 is 0 Å². The van der Waals surface area contributed by atoms with Crippen molar-refractivity contribution in [3.8, 4) is 0 Å². The third kappa shape index (κ3) is 5.28. The summed E-state index contributed by atoms with van der Waals surface area (Å²) in [6.07, 6.45) is 1.82. The minimum atomic E-state index is 0.0388. The van der Waals surface area contributed by atoms with Gasteiger partial charge < -0.3 is 15.5 Å². The number of amides is 1. The summed E-state index contributed by atoms with van der Waals surface area (Å²) >= 11 is 0. The van der Waals surface area contributed by atoms with Crippen molar-refractivity contribution in [2.75, 3.05) is 49.5 Å². The van der Waals surface area contributed by atoms with E-state index in [2.05, 4.69) is 38.4 Å². The molecule has 1 aromatic carbocycles. The molecule has 138 valence electrons. The van der Waals surface area contributed by atoms with Crippen LogP contribution in [-0.2, 0) is 11.3 Å². The Bertz CT molecular complexity index is 698. The summed E-state index contributed by atoms with van der Waals surface area (Å²) in [4.78, 5) is 21.2. The zero-order valence-electron chi connectivity index (χ0n) is 15.3. The molecule has 2 heterocycles. The standard InChI is InChI=1S/C20H27N5O/c1-2-21-15-17-6-5-7-18(14-17)23-20(26)16-24-10-12-25(13-11-24)19-8-3-4-9-22-19/h3-9,14,21H,2,10-13,15-16H2,1H3,(H,23,26). The number of benzene rings is 1. The molecular formula is C20H27N5O. The number of rotatable bonds is 7. The Balaban J connectivity index is 1.46. The molecule has 1 fully saturated rings. The van der Waals surface area contributed by atoms with E-state index in [9.17, 15) is 4.79 Å². The molecule has 0 aliphatic carbocycles. The lowest BCUT2D eigenvalue weighted by Crippen LogP contribution is -2.48. The topological polar surface area (TPSA) is 60.5 Å². The predicted molar refractivity (Wildman–Crippen MR) is 105 cm³/mol. The maximum absolute atomic E-state index is 12.4. The second kappa shape index (κ2) is 9.31. The average Bonchev–Trinajstić information content (AvgIpc) is 2.68. The van der Waals surface area contributed by atoms with Gasteiger partial charge in [0.15, 0.2) is 0 Å². The van der Waals surface area contributed by atoms with Gasteiger partial charge in [0.05, 0.1) is 6.54 Å². The molecular weight excluding hydrogens is 326 g/mol. The van der Waals surface area contributed by atoms with E-state index in [-0.39, 0.29) is 5.91 Å². The van der Waals surface area contributed by atoms with Crippen LogP contribution in [0.25, 0.3) is 0 Å². The molecule has 3 rings (SSSR count). The maximum Gasteiger partial charge on any atom is 0.238 e. The molecule has 0 bridgehead atoms. The Morgan fingerprint density at radius 3 is 2.69 bits per heavy atom. The molecule has 0 radical (unpaired) electrons. The van der Waals surface area contributed by atoms with Gasteiger partial charge in [-0.2, -0.15) is 0 Å². The summed E-state index contributed by atoms with van der Waals surface area (Å²) in [5, 5.41) is 6.31. The van der Waals surface area contributed by atoms with Gasteiger partial charge in [0.2, 0.25) is 5.91 Å². The smallest absolute Gasteiger partial charge is 0.238 e. The van der Waals surface area contributed by atoms with Crippen molar-refractivity contribution in [1.82, 2.24) is 15.2 Å². The minimum Gasteiger partial charge on any atom is -0.354 e. The molecule has 0 atom stereocenters. The van der Waals surface area contributed by atoms with Gasteiger partial charge >= 0.3 is 0 Å². The highest BCUT2D eigenvalue weighted by Gasteiger charge is 2.19. The number of piperazine rings is 1. The fourth-order valence-electron chi connectivity index (χ4n) is 3.11. The monoisotopic (exact) mass is 353 g/mol.